The smallest absolute Gasteiger partial charge is 0.180 e. The average Bonchev–Trinajstić information content (AvgIpc) is 2.83. The van der Waals surface area contributed by atoms with E-state index in [9.17, 15) is 0 Å². The molecule has 1 aromatic carbocycles. The van der Waals surface area contributed by atoms with Crippen LogP contribution in [0.3, 0.4) is 0 Å². The van der Waals surface area contributed by atoms with Crippen molar-refractivity contribution in [1.82, 2.24) is 9.88 Å². The van der Waals surface area contributed by atoms with Crippen LogP contribution in [0.4, 0.5) is 5.13 Å². The van der Waals surface area contributed by atoms with Gasteiger partial charge in [0.25, 0.3) is 0 Å². The summed E-state index contributed by atoms with van der Waals surface area (Å²) in [6.07, 6.45) is 2.91. The van der Waals surface area contributed by atoms with Gasteiger partial charge >= 0.3 is 0 Å². The molecule has 0 fully saturated rings. The molecule has 5 heteroatoms. The summed E-state index contributed by atoms with van der Waals surface area (Å²) in [6.45, 7) is 2.93. The average molecular weight is 275 g/mol. The summed E-state index contributed by atoms with van der Waals surface area (Å²) in [5, 5.41) is 0.647. The quantitative estimate of drug-likeness (QED) is 0.934. The highest BCUT2D eigenvalue weighted by molar-refractivity contribution is 7.15. The third kappa shape index (κ3) is 2.57. The number of nitrogens with zero attached hydrogens (tertiary/aromatic N) is 2. The number of thiazole rings is 1. The topological polar surface area (TPSA) is 51.4 Å². The first-order valence-electron chi connectivity index (χ1n) is 6.33. The van der Waals surface area contributed by atoms with E-state index >= 15 is 0 Å². The predicted octanol–water partition coefficient (Wildman–Crippen LogP) is 2.29. The number of fused-ring (bicyclic) bond motifs is 1. The van der Waals surface area contributed by atoms with Gasteiger partial charge in [-0.05, 0) is 23.6 Å². The lowest BCUT2D eigenvalue weighted by molar-refractivity contribution is 0.244. The van der Waals surface area contributed by atoms with Crippen molar-refractivity contribution in [2.24, 2.45) is 0 Å². The summed E-state index contributed by atoms with van der Waals surface area (Å²) in [7, 11) is 1.74. The van der Waals surface area contributed by atoms with Gasteiger partial charge in [-0.1, -0.05) is 12.1 Å². The van der Waals surface area contributed by atoms with Crippen LogP contribution in [0.15, 0.2) is 24.4 Å². The molecule has 3 rings (SSSR count). The van der Waals surface area contributed by atoms with Crippen molar-refractivity contribution in [3.05, 3.63) is 40.4 Å². The van der Waals surface area contributed by atoms with Gasteiger partial charge in [0.2, 0.25) is 0 Å². The first-order chi connectivity index (χ1) is 9.26. The van der Waals surface area contributed by atoms with Crippen molar-refractivity contribution in [2.75, 3.05) is 19.4 Å². The van der Waals surface area contributed by atoms with Crippen molar-refractivity contribution >= 4 is 16.5 Å². The van der Waals surface area contributed by atoms with Crippen molar-refractivity contribution in [2.45, 2.75) is 19.5 Å². The molecule has 2 aromatic rings. The molecule has 0 radical (unpaired) electrons. The lowest BCUT2D eigenvalue weighted by atomic mass is 9.99. The van der Waals surface area contributed by atoms with Crippen LogP contribution in [0, 0.1) is 0 Å². The molecule has 1 aromatic heterocycles. The van der Waals surface area contributed by atoms with Crippen LogP contribution in [0.2, 0.25) is 0 Å². The van der Waals surface area contributed by atoms with Gasteiger partial charge in [-0.3, -0.25) is 4.90 Å². The zero-order chi connectivity index (χ0) is 13.2. The SMILES string of the molecule is COc1cccc2c1CCN(Cc1cnc(N)s1)C2. The second-order valence-electron chi connectivity index (χ2n) is 4.72. The Morgan fingerprint density at radius 3 is 3.11 bits per heavy atom. The summed E-state index contributed by atoms with van der Waals surface area (Å²) in [5.41, 5.74) is 8.39. The monoisotopic (exact) mass is 275 g/mol. The summed E-state index contributed by atoms with van der Waals surface area (Å²) < 4.78 is 5.43. The van der Waals surface area contributed by atoms with E-state index in [1.54, 1.807) is 18.4 Å². The normalized spacial score (nSPS) is 15.2. The Hall–Kier alpha value is -1.59. The van der Waals surface area contributed by atoms with Crippen LogP contribution in [0.5, 0.6) is 5.75 Å². The highest BCUT2D eigenvalue weighted by Gasteiger charge is 2.19. The van der Waals surface area contributed by atoms with E-state index in [2.05, 4.69) is 22.0 Å². The van der Waals surface area contributed by atoms with Gasteiger partial charge in [0.05, 0.1) is 7.11 Å². The number of hydrogen-bond acceptors (Lipinski definition) is 5. The number of nitrogens with two attached hydrogens (primary N) is 1. The Morgan fingerprint density at radius 2 is 2.37 bits per heavy atom. The van der Waals surface area contributed by atoms with Crippen LogP contribution in [0.25, 0.3) is 0 Å². The number of aromatic nitrogens is 1. The molecule has 1 aliphatic rings. The standard InChI is InChI=1S/C14H17N3OS/c1-18-13-4-2-3-10-8-17(6-5-12(10)13)9-11-7-16-14(15)19-11/h2-4,7H,5-6,8-9H2,1H3,(H2,15,16). The molecule has 4 nitrogen and oxygen atoms in total. The maximum atomic E-state index is 5.67. The van der Waals surface area contributed by atoms with Gasteiger partial charge in [-0.25, -0.2) is 4.98 Å². The molecule has 0 atom stereocenters. The molecule has 0 unspecified atom stereocenters. The first-order valence-corrected chi connectivity index (χ1v) is 7.15. The molecular formula is C14H17N3OS. The zero-order valence-corrected chi connectivity index (χ0v) is 11.7. The number of methoxy groups -OCH3 is 1. The van der Waals surface area contributed by atoms with Gasteiger partial charge < -0.3 is 10.5 Å². The third-order valence-electron chi connectivity index (χ3n) is 3.47. The van der Waals surface area contributed by atoms with Gasteiger partial charge in [0.15, 0.2) is 5.13 Å². The van der Waals surface area contributed by atoms with E-state index in [1.165, 1.54) is 16.0 Å². The Labute approximate surface area is 116 Å². The van der Waals surface area contributed by atoms with E-state index in [-0.39, 0.29) is 0 Å². The fraction of sp³-hybridized carbons (Fsp3) is 0.357. The van der Waals surface area contributed by atoms with E-state index < -0.39 is 0 Å². The van der Waals surface area contributed by atoms with Gasteiger partial charge in [0, 0.05) is 30.7 Å². The van der Waals surface area contributed by atoms with Gasteiger partial charge in [-0.2, -0.15) is 0 Å². The number of ether oxygens (including phenoxy) is 1. The molecular weight excluding hydrogens is 258 g/mol. The van der Waals surface area contributed by atoms with Crippen LogP contribution in [-0.4, -0.2) is 23.5 Å². The summed E-state index contributed by atoms with van der Waals surface area (Å²) in [4.78, 5) is 7.75. The Bertz CT molecular complexity index is 582. The number of rotatable bonds is 3. The largest absolute Gasteiger partial charge is 0.496 e. The zero-order valence-electron chi connectivity index (χ0n) is 10.9. The van der Waals surface area contributed by atoms with Gasteiger partial charge in [-0.15, -0.1) is 11.3 Å². The fourth-order valence-electron chi connectivity index (χ4n) is 2.58. The maximum Gasteiger partial charge on any atom is 0.180 e. The molecule has 19 heavy (non-hydrogen) atoms. The van der Waals surface area contributed by atoms with Crippen LogP contribution in [0.1, 0.15) is 16.0 Å². The number of benzene rings is 1. The van der Waals surface area contributed by atoms with Crippen molar-refractivity contribution in [3.63, 3.8) is 0 Å². The lowest BCUT2D eigenvalue weighted by Crippen LogP contribution is -2.30. The van der Waals surface area contributed by atoms with Crippen LogP contribution < -0.4 is 10.5 Å². The molecule has 0 saturated heterocycles. The van der Waals surface area contributed by atoms with E-state index in [0.29, 0.717) is 5.13 Å². The minimum Gasteiger partial charge on any atom is -0.496 e. The number of hydrogen-bond donors (Lipinski definition) is 1. The molecule has 0 amide bonds. The van der Waals surface area contributed by atoms with Crippen LogP contribution >= 0.6 is 11.3 Å². The minimum absolute atomic E-state index is 0.647. The molecule has 100 valence electrons. The Kier molecular flexibility index (Phi) is 3.40. The third-order valence-corrected chi connectivity index (χ3v) is 4.28. The van der Waals surface area contributed by atoms with Crippen LogP contribution in [-0.2, 0) is 19.5 Å². The van der Waals surface area contributed by atoms with Crippen molar-refractivity contribution in [3.8, 4) is 5.75 Å². The Balaban J connectivity index is 1.75. The summed E-state index contributed by atoms with van der Waals surface area (Å²) >= 11 is 1.57. The number of anilines is 1. The van der Waals surface area contributed by atoms with E-state index in [0.717, 1.165) is 31.8 Å². The molecule has 2 heterocycles. The molecule has 2 N–H and O–H groups in total. The molecule has 0 bridgehead atoms. The fourth-order valence-corrected chi connectivity index (χ4v) is 3.30. The summed E-state index contributed by atoms with van der Waals surface area (Å²) in [6, 6.07) is 6.29. The second-order valence-corrected chi connectivity index (χ2v) is 5.87. The molecule has 0 saturated carbocycles. The van der Waals surface area contributed by atoms with E-state index in [1.807, 2.05) is 12.3 Å². The summed E-state index contributed by atoms with van der Waals surface area (Å²) in [5.74, 6) is 1.01. The lowest BCUT2D eigenvalue weighted by Gasteiger charge is -2.29. The predicted molar refractivity (Wildman–Crippen MR) is 77.3 cm³/mol. The minimum atomic E-state index is 0.647. The molecule has 1 aliphatic heterocycles. The van der Waals surface area contributed by atoms with Gasteiger partial charge in [0.1, 0.15) is 5.75 Å². The highest BCUT2D eigenvalue weighted by Crippen LogP contribution is 2.29. The molecule has 0 spiro atoms. The van der Waals surface area contributed by atoms with E-state index in [4.69, 9.17) is 10.5 Å². The highest BCUT2D eigenvalue weighted by atomic mass is 32.1. The van der Waals surface area contributed by atoms with Crippen molar-refractivity contribution < 1.29 is 4.74 Å². The Morgan fingerprint density at radius 1 is 1.47 bits per heavy atom. The number of nitrogen functional groups attached to an aromatic ring is 1. The maximum absolute atomic E-state index is 5.67. The van der Waals surface area contributed by atoms with Crippen molar-refractivity contribution in [1.29, 1.82) is 0 Å². The molecule has 0 aliphatic carbocycles. The second kappa shape index (κ2) is 5.19. The first kappa shape index (κ1) is 12.4.